The quantitative estimate of drug-likeness (QED) is 0.856. The molecule has 4 rings (SSSR count). The maximum absolute atomic E-state index is 13.0. The highest BCUT2D eigenvalue weighted by molar-refractivity contribution is 6.01. The van der Waals surface area contributed by atoms with Crippen LogP contribution in [0.4, 0.5) is 11.4 Å². The minimum atomic E-state index is -0.357. The van der Waals surface area contributed by atoms with E-state index in [9.17, 15) is 9.59 Å². The number of anilines is 2. The van der Waals surface area contributed by atoms with Crippen LogP contribution in [0.3, 0.4) is 0 Å². The summed E-state index contributed by atoms with van der Waals surface area (Å²) in [5, 5.41) is 6.25. The number of nitrogens with one attached hydrogen (secondary N) is 2. The van der Waals surface area contributed by atoms with Gasteiger partial charge in [-0.2, -0.15) is 0 Å². The lowest BCUT2D eigenvalue weighted by Gasteiger charge is -2.27. The zero-order valence-electron chi connectivity index (χ0n) is 15.7. The predicted octanol–water partition coefficient (Wildman–Crippen LogP) is 3.36. The zero-order chi connectivity index (χ0) is 19.0. The summed E-state index contributed by atoms with van der Waals surface area (Å²) >= 11 is 0. The summed E-state index contributed by atoms with van der Waals surface area (Å²) in [6.07, 6.45) is 3.03. The SMILES string of the molecule is CC(Nc1ccc(C(=O)NC2CC2)cc1)C(=O)N1c2ccccc2CC1C. The van der Waals surface area contributed by atoms with Gasteiger partial charge in [-0.05, 0) is 69.0 Å². The maximum Gasteiger partial charge on any atom is 0.251 e. The highest BCUT2D eigenvalue weighted by atomic mass is 16.2. The minimum Gasteiger partial charge on any atom is -0.374 e. The van der Waals surface area contributed by atoms with Crippen LogP contribution in [0.2, 0.25) is 0 Å². The molecule has 1 heterocycles. The fraction of sp³-hybridized carbons (Fsp3) is 0.364. The molecular weight excluding hydrogens is 338 g/mol. The van der Waals surface area contributed by atoms with E-state index >= 15 is 0 Å². The number of nitrogens with zero attached hydrogens (tertiary/aromatic N) is 1. The molecule has 0 saturated heterocycles. The molecule has 2 N–H and O–H groups in total. The molecule has 1 saturated carbocycles. The fourth-order valence-electron chi connectivity index (χ4n) is 3.64. The van der Waals surface area contributed by atoms with E-state index in [4.69, 9.17) is 0 Å². The van der Waals surface area contributed by atoms with Crippen molar-refractivity contribution in [2.45, 2.75) is 51.2 Å². The number of rotatable bonds is 5. The van der Waals surface area contributed by atoms with Crippen LogP contribution in [0.15, 0.2) is 48.5 Å². The third-order valence-electron chi connectivity index (χ3n) is 5.26. The predicted molar refractivity (Wildman–Crippen MR) is 107 cm³/mol. The molecule has 2 aliphatic rings. The third-order valence-corrected chi connectivity index (χ3v) is 5.26. The van der Waals surface area contributed by atoms with Gasteiger partial charge in [0.2, 0.25) is 5.91 Å². The average Bonchev–Trinajstić information content (AvgIpc) is 3.41. The number of amides is 2. The Morgan fingerprint density at radius 3 is 2.48 bits per heavy atom. The topological polar surface area (TPSA) is 61.4 Å². The molecule has 0 bridgehead atoms. The Bertz CT molecular complexity index is 858. The molecule has 2 unspecified atom stereocenters. The van der Waals surface area contributed by atoms with Gasteiger partial charge < -0.3 is 15.5 Å². The van der Waals surface area contributed by atoms with Crippen molar-refractivity contribution >= 4 is 23.2 Å². The number of para-hydroxylation sites is 1. The summed E-state index contributed by atoms with van der Waals surface area (Å²) in [4.78, 5) is 27.0. The zero-order valence-corrected chi connectivity index (χ0v) is 15.7. The summed E-state index contributed by atoms with van der Waals surface area (Å²) in [5.74, 6) is 0.0266. The molecule has 0 aromatic heterocycles. The smallest absolute Gasteiger partial charge is 0.251 e. The van der Waals surface area contributed by atoms with E-state index in [1.54, 1.807) is 12.1 Å². The normalized spacial score (nSPS) is 19.3. The molecule has 1 fully saturated rings. The van der Waals surface area contributed by atoms with Crippen LogP contribution < -0.4 is 15.5 Å². The van der Waals surface area contributed by atoms with E-state index < -0.39 is 0 Å². The van der Waals surface area contributed by atoms with Crippen LogP contribution in [-0.4, -0.2) is 29.9 Å². The molecule has 0 spiro atoms. The van der Waals surface area contributed by atoms with E-state index in [-0.39, 0.29) is 23.9 Å². The van der Waals surface area contributed by atoms with Gasteiger partial charge in [-0.3, -0.25) is 9.59 Å². The average molecular weight is 363 g/mol. The molecule has 5 heteroatoms. The summed E-state index contributed by atoms with van der Waals surface area (Å²) in [5.41, 5.74) is 3.71. The van der Waals surface area contributed by atoms with Gasteiger partial charge in [0.15, 0.2) is 0 Å². The first kappa shape index (κ1) is 17.6. The van der Waals surface area contributed by atoms with Crippen LogP contribution in [0.1, 0.15) is 42.6 Å². The van der Waals surface area contributed by atoms with Crippen molar-refractivity contribution in [2.75, 3.05) is 10.2 Å². The Balaban J connectivity index is 1.42. The number of hydrogen-bond acceptors (Lipinski definition) is 3. The van der Waals surface area contributed by atoms with Gasteiger partial charge in [0, 0.05) is 29.0 Å². The largest absolute Gasteiger partial charge is 0.374 e. The van der Waals surface area contributed by atoms with E-state index in [2.05, 4.69) is 23.6 Å². The maximum atomic E-state index is 13.0. The van der Waals surface area contributed by atoms with Gasteiger partial charge in [-0.25, -0.2) is 0 Å². The summed E-state index contributed by atoms with van der Waals surface area (Å²) < 4.78 is 0. The summed E-state index contributed by atoms with van der Waals surface area (Å²) in [6, 6.07) is 15.5. The summed E-state index contributed by atoms with van der Waals surface area (Å²) in [7, 11) is 0. The number of benzene rings is 2. The van der Waals surface area contributed by atoms with Crippen LogP contribution in [0, 0.1) is 0 Å². The molecule has 27 heavy (non-hydrogen) atoms. The lowest BCUT2D eigenvalue weighted by Crippen LogP contribution is -2.44. The highest BCUT2D eigenvalue weighted by Crippen LogP contribution is 2.32. The van der Waals surface area contributed by atoms with Crippen molar-refractivity contribution in [2.24, 2.45) is 0 Å². The van der Waals surface area contributed by atoms with Gasteiger partial charge >= 0.3 is 0 Å². The van der Waals surface area contributed by atoms with Crippen LogP contribution in [0.25, 0.3) is 0 Å². The van der Waals surface area contributed by atoms with Crippen molar-refractivity contribution < 1.29 is 9.59 Å². The first-order valence-electron chi connectivity index (χ1n) is 9.61. The molecule has 2 aromatic rings. The molecule has 2 atom stereocenters. The van der Waals surface area contributed by atoms with Crippen LogP contribution >= 0.6 is 0 Å². The second-order valence-electron chi connectivity index (χ2n) is 7.58. The van der Waals surface area contributed by atoms with Gasteiger partial charge in [-0.1, -0.05) is 18.2 Å². The van der Waals surface area contributed by atoms with Crippen molar-refractivity contribution in [1.29, 1.82) is 0 Å². The van der Waals surface area contributed by atoms with Crippen molar-refractivity contribution in [3.63, 3.8) is 0 Å². The Morgan fingerprint density at radius 1 is 1.07 bits per heavy atom. The second-order valence-corrected chi connectivity index (χ2v) is 7.58. The van der Waals surface area contributed by atoms with Crippen LogP contribution in [0.5, 0.6) is 0 Å². The minimum absolute atomic E-state index is 0.0318. The lowest BCUT2D eigenvalue weighted by molar-refractivity contribution is -0.119. The number of carbonyl (C=O) groups is 2. The first-order valence-corrected chi connectivity index (χ1v) is 9.61. The van der Waals surface area contributed by atoms with Gasteiger partial charge in [0.05, 0.1) is 0 Å². The van der Waals surface area contributed by atoms with E-state index in [1.165, 1.54) is 5.56 Å². The van der Waals surface area contributed by atoms with Gasteiger partial charge in [-0.15, -0.1) is 0 Å². The molecule has 140 valence electrons. The van der Waals surface area contributed by atoms with Gasteiger partial charge in [0.25, 0.3) is 5.91 Å². The Hall–Kier alpha value is -2.82. The molecule has 1 aliphatic carbocycles. The molecule has 0 radical (unpaired) electrons. The summed E-state index contributed by atoms with van der Waals surface area (Å²) in [6.45, 7) is 3.96. The monoisotopic (exact) mass is 363 g/mol. The lowest BCUT2D eigenvalue weighted by atomic mass is 10.1. The van der Waals surface area contributed by atoms with Crippen molar-refractivity contribution in [3.05, 3.63) is 59.7 Å². The second kappa shape index (κ2) is 7.06. The number of carbonyl (C=O) groups excluding carboxylic acids is 2. The Morgan fingerprint density at radius 2 is 1.78 bits per heavy atom. The van der Waals surface area contributed by atoms with E-state index in [1.807, 2.05) is 42.2 Å². The van der Waals surface area contributed by atoms with Crippen molar-refractivity contribution in [3.8, 4) is 0 Å². The molecule has 2 aromatic carbocycles. The highest BCUT2D eigenvalue weighted by Gasteiger charge is 2.33. The van der Waals surface area contributed by atoms with E-state index in [0.717, 1.165) is 30.6 Å². The standard InChI is InChI=1S/C22H25N3O2/c1-14-13-17-5-3-4-6-20(17)25(14)22(27)15(2)23-18-9-7-16(8-10-18)21(26)24-19-11-12-19/h3-10,14-15,19,23H,11-13H2,1-2H3,(H,24,26). The molecular formula is C22H25N3O2. The third kappa shape index (κ3) is 3.68. The number of fused-ring (bicyclic) bond motifs is 1. The molecule has 1 aliphatic heterocycles. The van der Waals surface area contributed by atoms with Crippen molar-refractivity contribution in [1.82, 2.24) is 5.32 Å². The molecule has 2 amide bonds. The molecule has 5 nitrogen and oxygen atoms in total. The van der Waals surface area contributed by atoms with Crippen LogP contribution in [-0.2, 0) is 11.2 Å². The van der Waals surface area contributed by atoms with E-state index in [0.29, 0.717) is 11.6 Å². The Kier molecular flexibility index (Phi) is 4.60. The number of hydrogen-bond donors (Lipinski definition) is 2. The Labute approximate surface area is 159 Å². The first-order chi connectivity index (χ1) is 13.0. The fourth-order valence-corrected chi connectivity index (χ4v) is 3.64. The van der Waals surface area contributed by atoms with Gasteiger partial charge in [0.1, 0.15) is 6.04 Å².